The lowest BCUT2D eigenvalue weighted by Crippen LogP contribution is -2.20. The smallest absolute Gasteiger partial charge is 0.336 e. The molecule has 1 aliphatic heterocycles. The van der Waals surface area contributed by atoms with Crippen LogP contribution in [-0.2, 0) is 17.9 Å². The van der Waals surface area contributed by atoms with Crippen LogP contribution in [0.1, 0.15) is 75.5 Å². The number of aromatic hydroxyl groups is 2. The number of amides is 1. The predicted octanol–water partition coefficient (Wildman–Crippen LogP) is 5.88. The number of carbonyl (C=O) groups excluding carboxylic acids is 1. The van der Waals surface area contributed by atoms with Crippen LogP contribution in [-0.4, -0.2) is 39.5 Å². The summed E-state index contributed by atoms with van der Waals surface area (Å²) in [5.74, 6) is -2.00. The third-order valence-corrected chi connectivity index (χ3v) is 5.30. The molecule has 0 spiro atoms. The average Bonchev–Trinajstić information content (AvgIpc) is 3.46. The second-order valence-corrected chi connectivity index (χ2v) is 8.55. The van der Waals surface area contributed by atoms with Gasteiger partial charge in [-0.1, -0.05) is 52.5 Å². The first kappa shape index (κ1) is 39.9. The maximum Gasteiger partial charge on any atom is 0.336 e. The van der Waals surface area contributed by atoms with E-state index in [9.17, 15) is 19.1 Å². The number of carbonyl (C=O) groups is 2. The number of nitrogens with two attached hydrogens (primary N) is 2. The van der Waals surface area contributed by atoms with Crippen molar-refractivity contribution in [3.63, 3.8) is 0 Å². The monoisotopic (exact) mass is 586 g/mol. The Labute approximate surface area is 249 Å². The van der Waals surface area contributed by atoms with Gasteiger partial charge in [-0.25, -0.2) is 14.2 Å². The fraction of sp³-hybridized carbons (Fsp3) is 0.344. The lowest BCUT2D eigenvalue weighted by Gasteiger charge is -2.09. The highest BCUT2D eigenvalue weighted by molar-refractivity contribution is 5.96. The van der Waals surface area contributed by atoms with Crippen molar-refractivity contribution in [1.82, 2.24) is 5.32 Å². The zero-order valence-electron chi connectivity index (χ0n) is 26.0. The first-order valence-electron chi connectivity index (χ1n) is 13.6. The summed E-state index contributed by atoms with van der Waals surface area (Å²) >= 11 is 0. The number of phenols is 2. The van der Waals surface area contributed by atoms with Gasteiger partial charge in [0.25, 0.3) is 5.91 Å². The average molecular weight is 587 g/mol. The number of nitrogens with zero attached hydrogens (tertiary/aromatic N) is 1. The van der Waals surface area contributed by atoms with Crippen LogP contribution in [0.4, 0.5) is 4.39 Å². The number of aryl methyl sites for hydroxylation is 1. The van der Waals surface area contributed by atoms with Crippen molar-refractivity contribution in [1.29, 1.82) is 0 Å². The molecule has 1 atom stereocenters. The topological polar surface area (TPSA) is 171 Å². The van der Waals surface area contributed by atoms with Gasteiger partial charge < -0.3 is 32.1 Å². The summed E-state index contributed by atoms with van der Waals surface area (Å²) in [7, 11) is 0. The van der Waals surface area contributed by atoms with Crippen LogP contribution in [0.25, 0.3) is 0 Å². The largest absolute Gasteiger partial charge is 0.504 e. The number of phenolic OH excluding ortho intramolecular Hbond substituents is 2. The van der Waals surface area contributed by atoms with E-state index in [2.05, 4.69) is 16.9 Å². The number of halogens is 1. The van der Waals surface area contributed by atoms with Crippen molar-refractivity contribution >= 4 is 18.1 Å². The highest BCUT2D eigenvalue weighted by atomic mass is 19.1. The number of rotatable bonds is 5. The van der Waals surface area contributed by atoms with E-state index < -0.39 is 11.8 Å². The van der Waals surface area contributed by atoms with E-state index in [1.807, 2.05) is 53.7 Å². The minimum Gasteiger partial charge on any atom is -0.504 e. The molecule has 232 valence electrons. The summed E-state index contributed by atoms with van der Waals surface area (Å²) in [6.45, 7) is 19.8. The van der Waals surface area contributed by atoms with Crippen molar-refractivity contribution < 1.29 is 29.3 Å². The number of nitrogens with one attached hydrogen (secondary N) is 1. The van der Waals surface area contributed by atoms with Crippen molar-refractivity contribution in [2.75, 3.05) is 0 Å². The molecule has 42 heavy (non-hydrogen) atoms. The van der Waals surface area contributed by atoms with E-state index in [1.165, 1.54) is 24.4 Å². The van der Waals surface area contributed by atoms with Crippen LogP contribution in [0, 0.1) is 12.7 Å². The van der Waals surface area contributed by atoms with Crippen molar-refractivity contribution in [2.45, 2.75) is 74.5 Å². The molecule has 1 aliphatic rings. The number of allylic oxidation sites excluding steroid dienone is 2. The van der Waals surface area contributed by atoms with E-state index in [1.54, 1.807) is 13.8 Å². The Morgan fingerprint density at radius 1 is 1.10 bits per heavy atom. The molecule has 0 radical (unpaired) electrons. The Balaban J connectivity index is 0. The van der Waals surface area contributed by atoms with Gasteiger partial charge in [0.15, 0.2) is 11.5 Å². The van der Waals surface area contributed by atoms with E-state index >= 15 is 0 Å². The summed E-state index contributed by atoms with van der Waals surface area (Å²) in [6.07, 6.45) is 4.44. The number of fused-ring (bicyclic) bond motifs is 1. The van der Waals surface area contributed by atoms with Crippen LogP contribution in [0.2, 0.25) is 0 Å². The van der Waals surface area contributed by atoms with Crippen LogP contribution >= 0.6 is 0 Å². The second kappa shape index (κ2) is 21.5. The lowest BCUT2D eigenvalue weighted by atomic mass is 10.1. The SMILES string of the molecule is C=CC(=O)N=C/C(C)=C\C(=C(/C)N)C(C)N.CC.CC.Cc1ccc(F)cc1C(=O)O.Oc1ccc2c(c1O)CNC2. The Hall–Kier alpha value is -4.28. The summed E-state index contributed by atoms with van der Waals surface area (Å²) in [5.41, 5.74) is 16.3. The van der Waals surface area contributed by atoms with Crippen LogP contribution in [0.3, 0.4) is 0 Å². The molecule has 0 fully saturated rings. The van der Waals surface area contributed by atoms with Crippen LogP contribution in [0.15, 0.2) is 70.9 Å². The molecule has 3 rings (SSSR count). The maximum absolute atomic E-state index is 12.4. The molecule has 1 amide bonds. The van der Waals surface area contributed by atoms with Gasteiger partial charge in [-0.05, 0) is 74.2 Å². The van der Waals surface area contributed by atoms with Gasteiger partial charge in [0.2, 0.25) is 0 Å². The first-order chi connectivity index (χ1) is 19.8. The predicted molar refractivity (Wildman–Crippen MR) is 169 cm³/mol. The molecule has 10 heteroatoms. The summed E-state index contributed by atoms with van der Waals surface area (Å²) in [4.78, 5) is 24.9. The number of benzene rings is 2. The van der Waals surface area contributed by atoms with Gasteiger partial charge >= 0.3 is 5.97 Å². The molecule has 0 aromatic heterocycles. The molecule has 2 aromatic carbocycles. The van der Waals surface area contributed by atoms with E-state index in [0.29, 0.717) is 17.8 Å². The van der Waals surface area contributed by atoms with Crippen LogP contribution < -0.4 is 16.8 Å². The zero-order valence-corrected chi connectivity index (χ0v) is 26.0. The van der Waals surface area contributed by atoms with Gasteiger partial charge in [-0.15, -0.1) is 0 Å². The summed E-state index contributed by atoms with van der Waals surface area (Å²) in [5, 5.41) is 30.0. The molecule has 0 saturated carbocycles. The zero-order chi connectivity index (χ0) is 33.0. The first-order valence-corrected chi connectivity index (χ1v) is 13.6. The van der Waals surface area contributed by atoms with E-state index in [4.69, 9.17) is 21.7 Å². The maximum atomic E-state index is 12.4. The number of carboxylic acid groups (broad SMARTS) is 1. The van der Waals surface area contributed by atoms with Gasteiger partial charge in [-0.2, -0.15) is 0 Å². The molecule has 0 aliphatic carbocycles. The molecule has 0 bridgehead atoms. The molecular weight excluding hydrogens is 539 g/mol. The van der Waals surface area contributed by atoms with Gasteiger partial charge in [0, 0.05) is 36.6 Å². The summed E-state index contributed by atoms with van der Waals surface area (Å²) < 4.78 is 12.4. The van der Waals surface area contributed by atoms with Crippen molar-refractivity contribution in [2.24, 2.45) is 16.5 Å². The molecule has 0 saturated heterocycles. The van der Waals surface area contributed by atoms with Crippen LogP contribution in [0.5, 0.6) is 11.5 Å². The Kier molecular flexibility index (Phi) is 20.4. The quantitative estimate of drug-likeness (QED) is 0.109. The number of hydrogen-bond donors (Lipinski definition) is 6. The molecule has 8 N–H and O–H groups in total. The lowest BCUT2D eigenvalue weighted by molar-refractivity contribution is -0.113. The third-order valence-electron chi connectivity index (χ3n) is 5.30. The minimum absolute atomic E-state index is 0.0185. The highest BCUT2D eigenvalue weighted by Crippen LogP contribution is 2.33. The van der Waals surface area contributed by atoms with Gasteiger partial charge in [-0.3, -0.25) is 4.79 Å². The molecule has 1 unspecified atom stereocenters. The third kappa shape index (κ3) is 14.4. The summed E-state index contributed by atoms with van der Waals surface area (Å²) in [6, 6.07) is 6.88. The molecule has 1 heterocycles. The Bertz CT molecular complexity index is 1260. The molecule has 2 aromatic rings. The molecule has 9 nitrogen and oxygen atoms in total. The number of hydrogen-bond acceptors (Lipinski definition) is 7. The second-order valence-electron chi connectivity index (χ2n) is 8.55. The fourth-order valence-corrected chi connectivity index (χ4v) is 3.28. The van der Waals surface area contributed by atoms with Crippen molar-refractivity contribution in [3.05, 3.63) is 94.0 Å². The van der Waals surface area contributed by atoms with E-state index in [0.717, 1.165) is 41.0 Å². The number of aliphatic imine (C=N–C) groups is 1. The fourth-order valence-electron chi connectivity index (χ4n) is 3.28. The Morgan fingerprint density at radius 2 is 1.69 bits per heavy atom. The Morgan fingerprint density at radius 3 is 2.17 bits per heavy atom. The number of aromatic carboxylic acids is 1. The normalized spacial score (nSPS) is 12.8. The molecular formula is C32H47FN4O5. The van der Waals surface area contributed by atoms with E-state index in [-0.39, 0.29) is 29.0 Å². The van der Waals surface area contributed by atoms with Crippen molar-refractivity contribution in [3.8, 4) is 11.5 Å². The minimum atomic E-state index is -1.10. The highest BCUT2D eigenvalue weighted by Gasteiger charge is 2.16. The van der Waals surface area contributed by atoms with Gasteiger partial charge in [0.05, 0.1) is 5.56 Å². The standard InChI is InChI=1S/C12H19N3O.C8H7FO2.C8H9NO2.2C2H6/c1-5-12(16)15-7-8(2)6-11(9(3)13)10(4)14;1-5-2-3-6(9)4-7(5)8(10)11;10-7-2-1-5-3-9-4-6(5)8(7)11;2*1-2/h5-7,9H,1,13-14H2,2-4H3;2-4H,1H3,(H,10,11);1-2,9-11H,3-4H2;2*1-2H3/b8-6-,11-10-,15-7?;;;;. The number of carboxylic acids is 1. The van der Waals surface area contributed by atoms with Gasteiger partial charge in [0.1, 0.15) is 5.82 Å².